The van der Waals surface area contributed by atoms with E-state index in [1.54, 1.807) is 13.2 Å². The minimum atomic E-state index is 0.692. The van der Waals surface area contributed by atoms with Crippen LogP contribution in [0.5, 0.6) is 5.75 Å². The van der Waals surface area contributed by atoms with Crippen LogP contribution >= 0.6 is 0 Å². The van der Waals surface area contributed by atoms with E-state index in [4.69, 9.17) is 10.5 Å². The van der Waals surface area contributed by atoms with E-state index in [0.29, 0.717) is 5.69 Å². The Hall–Kier alpha value is -1.91. The molecule has 0 bridgehead atoms. The number of nitrogens with zero attached hydrogens (tertiary/aromatic N) is 1. The van der Waals surface area contributed by atoms with Crippen LogP contribution in [-0.4, -0.2) is 26.2 Å². The summed E-state index contributed by atoms with van der Waals surface area (Å²) >= 11 is 0. The maximum atomic E-state index is 5.70. The van der Waals surface area contributed by atoms with Crippen molar-refractivity contribution in [2.24, 2.45) is 4.99 Å². The number of benzene rings is 1. The first kappa shape index (κ1) is 9.64. The summed E-state index contributed by atoms with van der Waals surface area (Å²) in [5, 5.41) is 6.25. The Morgan fingerprint density at radius 3 is 3.07 bits per heavy atom. The Labute approximate surface area is 88.3 Å². The van der Waals surface area contributed by atoms with Gasteiger partial charge in [0.15, 0.2) is 5.96 Å². The maximum absolute atomic E-state index is 5.70. The van der Waals surface area contributed by atoms with Gasteiger partial charge in [-0.3, -0.25) is 4.99 Å². The topological polar surface area (TPSA) is 71.7 Å². The second kappa shape index (κ2) is 4.08. The first-order valence-electron chi connectivity index (χ1n) is 4.78. The third-order valence-electron chi connectivity index (χ3n) is 2.15. The van der Waals surface area contributed by atoms with Crippen molar-refractivity contribution in [3.63, 3.8) is 0 Å². The minimum Gasteiger partial charge on any atom is -0.495 e. The normalized spacial score (nSPS) is 14.3. The number of aliphatic imine (C=N–C) groups is 1. The standard InChI is InChI=1S/C10H14N4O/c1-15-9-3-2-7(11)6-8(9)14-10-12-4-5-13-10/h2-3,6H,4-5,11H2,1H3,(H2,12,13,14). The number of guanidine groups is 1. The molecular weight excluding hydrogens is 192 g/mol. The lowest BCUT2D eigenvalue weighted by Gasteiger charge is -2.11. The Bertz CT molecular complexity index is 389. The summed E-state index contributed by atoms with van der Waals surface area (Å²) in [6.07, 6.45) is 0. The van der Waals surface area contributed by atoms with Crippen LogP contribution in [0.1, 0.15) is 0 Å². The third-order valence-corrected chi connectivity index (χ3v) is 2.15. The van der Waals surface area contributed by atoms with E-state index in [1.807, 2.05) is 12.1 Å². The third kappa shape index (κ3) is 2.12. The fourth-order valence-corrected chi connectivity index (χ4v) is 1.43. The number of ether oxygens (including phenoxy) is 1. The van der Waals surface area contributed by atoms with Crippen molar-refractivity contribution < 1.29 is 4.74 Å². The van der Waals surface area contributed by atoms with E-state index >= 15 is 0 Å². The molecule has 1 aliphatic heterocycles. The molecule has 0 saturated heterocycles. The van der Waals surface area contributed by atoms with Crippen LogP contribution in [0.15, 0.2) is 23.2 Å². The molecule has 1 aromatic rings. The largest absolute Gasteiger partial charge is 0.495 e. The van der Waals surface area contributed by atoms with Gasteiger partial charge in [-0.15, -0.1) is 0 Å². The molecule has 1 aliphatic rings. The van der Waals surface area contributed by atoms with Crippen molar-refractivity contribution in [3.8, 4) is 5.75 Å². The minimum absolute atomic E-state index is 0.692. The molecule has 0 unspecified atom stereocenters. The quantitative estimate of drug-likeness (QED) is 0.621. The van der Waals surface area contributed by atoms with Crippen LogP contribution in [0.4, 0.5) is 11.4 Å². The molecule has 4 N–H and O–H groups in total. The summed E-state index contributed by atoms with van der Waals surface area (Å²) in [5.41, 5.74) is 7.22. The highest BCUT2D eigenvalue weighted by atomic mass is 16.5. The van der Waals surface area contributed by atoms with Gasteiger partial charge in [0, 0.05) is 12.2 Å². The Morgan fingerprint density at radius 1 is 1.53 bits per heavy atom. The lowest BCUT2D eigenvalue weighted by Crippen LogP contribution is -2.26. The number of nitrogens with two attached hydrogens (primary N) is 1. The number of anilines is 2. The summed E-state index contributed by atoms with van der Waals surface area (Å²) in [4.78, 5) is 4.23. The lowest BCUT2D eigenvalue weighted by molar-refractivity contribution is 0.417. The zero-order valence-corrected chi connectivity index (χ0v) is 8.58. The molecule has 0 aliphatic carbocycles. The predicted octanol–water partition coefficient (Wildman–Crippen LogP) is 0.648. The van der Waals surface area contributed by atoms with Gasteiger partial charge in [-0.25, -0.2) is 0 Å². The maximum Gasteiger partial charge on any atom is 0.196 e. The van der Waals surface area contributed by atoms with E-state index in [-0.39, 0.29) is 0 Å². The lowest BCUT2D eigenvalue weighted by atomic mass is 10.2. The fourth-order valence-electron chi connectivity index (χ4n) is 1.43. The van der Waals surface area contributed by atoms with E-state index in [0.717, 1.165) is 30.5 Å². The molecule has 1 heterocycles. The average molecular weight is 206 g/mol. The summed E-state index contributed by atoms with van der Waals surface area (Å²) < 4.78 is 5.21. The second-order valence-corrected chi connectivity index (χ2v) is 3.24. The average Bonchev–Trinajstić information content (AvgIpc) is 2.71. The van der Waals surface area contributed by atoms with Gasteiger partial charge in [-0.1, -0.05) is 0 Å². The summed E-state index contributed by atoms with van der Waals surface area (Å²) in [5.74, 6) is 1.51. The van der Waals surface area contributed by atoms with Crippen LogP contribution in [0.25, 0.3) is 0 Å². The number of hydrogen-bond donors (Lipinski definition) is 3. The fraction of sp³-hybridized carbons (Fsp3) is 0.300. The van der Waals surface area contributed by atoms with Crippen LogP contribution in [-0.2, 0) is 0 Å². The van der Waals surface area contributed by atoms with E-state index in [2.05, 4.69) is 15.6 Å². The SMILES string of the molecule is COc1ccc(N)cc1NC1=NCCN1. The molecule has 80 valence electrons. The van der Waals surface area contributed by atoms with Crippen LogP contribution in [0.2, 0.25) is 0 Å². The monoisotopic (exact) mass is 206 g/mol. The van der Waals surface area contributed by atoms with Gasteiger partial charge in [-0.05, 0) is 18.2 Å². The van der Waals surface area contributed by atoms with Gasteiger partial charge in [0.2, 0.25) is 0 Å². The first-order valence-corrected chi connectivity index (χ1v) is 4.78. The molecule has 5 heteroatoms. The van der Waals surface area contributed by atoms with Crippen molar-refractivity contribution in [1.29, 1.82) is 0 Å². The number of nitrogen functional groups attached to an aromatic ring is 1. The van der Waals surface area contributed by atoms with Crippen molar-refractivity contribution in [2.45, 2.75) is 0 Å². The smallest absolute Gasteiger partial charge is 0.196 e. The number of methoxy groups -OCH3 is 1. The van der Waals surface area contributed by atoms with E-state index in [9.17, 15) is 0 Å². The Kier molecular flexibility index (Phi) is 2.62. The van der Waals surface area contributed by atoms with Crippen molar-refractivity contribution >= 4 is 17.3 Å². The second-order valence-electron chi connectivity index (χ2n) is 3.24. The van der Waals surface area contributed by atoms with Crippen molar-refractivity contribution in [3.05, 3.63) is 18.2 Å². The summed E-state index contributed by atoms with van der Waals surface area (Å²) in [6, 6.07) is 5.45. The van der Waals surface area contributed by atoms with Gasteiger partial charge < -0.3 is 21.1 Å². The summed E-state index contributed by atoms with van der Waals surface area (Å²) in [6.45, 7) is 1.67. The van der Waals surface area contributed by atoms with Crippen molar-refractivity contribution in [2.75, 3.05) is 31.2 Å². The summed E-state index contributed by atoms with van der Waals surface area (Å²) in [7, 11) is 1.63. The van der Waals surface area contributed by atoms with E-state index < -0.39 is 0 Å². The molecule has 1 aromatic carbocycles. The molecule has 0 saturated carbocycles. The highest BCUT2D eigenvalue weighted by Crippen LogP contribution is 2.26. The molecule has 0 atom stereocenters. The van der Waals surface area contributed by atoms with Crippen molar-refractivity contribution in [1.82, 2.24) is 5.32 Å². The predicted molar refractivity (Wildman–Crippen MR) is 61.3 cm³/mol. The molecule has 0 radical (unpaired) electrons. The molecular formula is C10H14N4O. The zero-order valence-electron chi connectivity index (χ0n) is 8.58. The number of hydrogen-bond acceptors (Lipinski definition) is 5. The molecule has 0 spiro atoms. The molecule has 0 amide bonds. The van der Waals surface area contributed by atoms with Gasteiger partial charge >= 0.3 is 0 Å². The number of nitrogens with one attached hydrogen (secondary N) is 2. The van der Waals surface area contributed by atoms with Gasteiger partial charge in [0.1, 0.15) is 5.75 Å². The van der Waals surface area contributed by atoms with Gasteiger partial charge in [0.05, 0.1) is 19.3 Å². The molecule has 5 nitrogen and oxygen atoms in total. The van der Waals surface area contributed by atoms with Crippen LogP contribution < -0.4 is 21.1 Å². The zero-order chi connectivity index (χ0) is 10.7. The molecule has 2 rings (SSSR count). The van der Waals surface area contributed by atoms with E-state index in [1.165, 1.54) is 0 Å². The van der Waals surface area contributed by atoms with Gasteiger partial charge in [-0.2, -0.15) is 0 Å². The highest BCUT2D eigenvalue weighted by Gasteiger charge is 2.08. The highest BCUT2D eigenvalue weighted by molar-refractivity contribution is 5.96. The van der Waals surface area contributed by atoms with Gasteiger partial charge in [0.25, 0.3) is 0 Å². The molecule has 0 fully saturated rings. The Morgan fingerprint density at radius 2 is 2.40 bits per heavy atom. The van der Waals surface area contributed by atoms with Crippen LogP contribution in [0.3, 0.4) is 0 Å². The number of rotatable bonds is 2. The Balaban J connectivity index is 2.21. The van der Waals surface area contributed by atoms with Crippen LogP contribution in [0, 0.1) is 0 Å². The molecule has 0 aromatic heterocycles. The molecule has 15 heavy (non-hydrogen) atoms. The first-order chi connectivity index (χ1) is 7.29.